The first-order valence-corrected chi connectivity index (χ1v) is 7.54. The number of nitrogens with zero attached hydrogens (tertiary/aromatic N) is 2. The SMILES string of the molecule is CC1CN(c2c(F)cc3c(=O)c(C(=O)O)cn(C)c3c2F)CCN1. The molecule has 1 atom stereocenters. The highest BCUT2D eigenvalue weighted by molar-refractivity contribution is 5.93. The van der Waals surface area contributed by atoms with Crippen molar-refractivity contribution in [2.45, 2.75) is 13.0 Å². The molecule has 1 aromatic carbocycles. The van der Waals surface area contributed by atoms with Crippen molar-refractivity contribution in [2.24, 2.45) is 7.05 Å². The lowest BCUT2D eigenvalue weighted by atomic mass is 10.1. The lowest BCUT2D eigenvalue weighted by molar-refractivity contribution is 0.0695. The van der Waals surface area contributed by atoms with Crippen LogP contribution in [-0.2, 0) is 7.05 Å². The number of anilines is 1. The Labute approximate surface area is 136 Å². The van der Waals surface area contributed by atoms with E-state index in [9.17, 15) is 14.0 Å². The van der Waals surface area contributed by atoms with Crippen LogP contribution in [0.2, 0.25) is 0 Å². The molecule has 0 radical (unpaired) electrons. The molecule has 2 aromatic rings. The normalized spacial score (nSPS) is 18.2. The van der Waals surface area contributed by atoms with Gasteiger partial charge in [-0.1, -0.05) is 0 Å². The Morgan fingerprint density at radius 1 is 1.42 bits per heavy atom. The quantitative estimate of drug-likeness (QED) is 0.864. The highest BCUT2D eigenvalue weighted by Gasteiger charge is 2.26. The number of rotatable bonds is 2. The van der Waals surface area contributed by atoms with Crippen molar-refractivity contribution in [3.05, 3.63) is 39.7 Å². The van der Waals surface area contributed by atoms with Gasteiger partial charge in [-0.05, 0) is 13.0 Å². The van der Waals surface area contributed by atoms with Gasteiger partial charge < -0.3 is 19.9 Å². The molecule has 0 aliphatic carbocycles. The fourth-order valence-corrected chi connectivity index (χ4v) is 3.16. The molecule has 1 aliphatic rings. The fourth-order valence-electron chi connectivity index (χ4n) is 3.16. The molecule has 1 unspecified atom stereocenters. The van der Waals surface area contributed by atoms with Gasteiger partial charge in [0, 0.05) is 38.9 Å². The summed E-state index contributed by atoms with van der Waals surface area (Å²) in [6.45, 7) is 3.37. The molecule has 1 aromatic heterocycles. The van der Waals surface area contributed by atoms with E-state index in [2.05, 4.69) is 5.32 Å². The van der Waals surface area contributed by atoms with Gasteiger partial charge in [-0.3, -0.25) is 4.79 Å². The van der Waals surface area contributed by atoms with E-state index in [1.54, 1.807) is 4.90 Å². The molecule has 6 nitrogen and oxygen atoms in total. The highest BCUT2D eigenvalue weighted by atomic mass is 19.1. The van der Waals surface area contributed by atoms with Crippen LogP contribution in [0.3, 0.4) is 0 Å². The molecule has 1 aliphatic heterocycles. The number of carbonyl (C=O) groups is 1. The fraction of sp³-hybridized carbons (Fsp3) is 0.375. The van der Waals surface area contributed by atoms with Crippen LogP contribution in [0.5, 0.6) is 0 Å². The molecule has 24 heavy (non-hydrogen) atoms. The molecule has 0 bridgehead atoms. The summed E-state index contributed by atoms with van der Waals surface area (Å²) in [5.41, 5.74) is -1.71. The monoisotopic (exact) mass is 337 g/mol. The van der Waals surface area contributed by atoms with Crippen LogP contribution in [0.15, 0.2) is 17.1 Å². The van der Waals surface area contributed by atoms with E-state index in [4.69, 9.17) is 5.11 Å². The van der Waals surface area contributed by atoms with Crippen molar-refractivity contribution in [3.63, 3.8) is 0 Å². The summed E-state index contributed by atoms with van der Waals surface area (Å²) in [7, 11) is 1.43. The maximum atomic E-state index is 15.0. The molecule has 0 amide bonds. The molecule has 0 saturated carbocycles. The third-order valence-electron chi connectivity index (χ3n) is 4.25. The van der Waals surface area contributed by atoms with Crippen molar-refractivity contribution in [2.75, 3.05) is 24.5 Å². The number of carboxylic acid groups (broad SMARTS) is 1. The number of piperazine rings is 1. The van der Waals surface area contributed by atoms with E-state index in [1.807, 2.05) is 6.92 Å². The topological polar surface area (TPSA) is 74.6 Å². The molecule has 3 rings (SSSR count). The predicted octanol–water partition coefficient (Wildman–Crippen LogP) is 1.31. The standard InChI is InChI=1S/C16H17F2N3O3/c1-8-6-21(4-3-19-8)14-11(17)5-9-13(12(14)18)20(2)7-10(15(9)22)16(23)24/h5,7-8,19H,3-4,6H2,1-2H3,(H,23,24). The zero-order valence-electron chi connectivity index (χ0n) is 13.3. The van der Waals surface area contributed by atoms with E-state index in [0.29, 0.717) is 19.6 Å². The van der Waals surface area contributed by atoms with Gasteiger partial charge in [0.05, 0.1) is 10.9 Å². The van der Waals surface area contributed by atoms with Gasteiger partial charge in [0.25, 0.3) is 0 Å². The molecule has 0 spiro atoms. The summed E-state index contributed by atoms with van der Waals surface area (Å²) >= 11 is 0. The van der Waals surface area contributed by atoms with E-state index in [1.165, 1.54) is 11.6 Å². The Kier molecular flexibility index (Phi) is 4.00. The summed E-state index contributed by atoms with van der Waals surface area (Å²) in [5, 5.41) is 12.0. The summed E-state index contributed by atoms with van der Waals surface area (Å²) in [4.78, 5) is 24.9. The Morgan fingerprint density at radius 2 is 2.12 bits per heavy atom. The maximum absolute atomic E-state index is 15.0. The molecule has 2 N–H and O–H groups in total. The van der Waals surface area contributed by atoms with Crippen LogP contribution in [-0.4, -0.2) is 41.3 Å². The summed E-state index contributed by atoms with van der Waals surface area (Å²) in [6.07, 6.45) is 1.05. The molecular formula is C16H17F2N3O3. The molecular weight excluding hydrogens is 320 g/mol. The lowest BCUT2D eigenvalue weighted by Crippen LogP contribution is -2.49. The molecule has 1 saturated heterocycles. The zero-order chi connectivity index (χ0) is 17.6. The van der Waals surface area contributed by atoms with E-state index in [0.717, 1.165) is 12.3 Å². The Bertz CT molecular complexity index is 894. The number of halogens is 2. The van der Waals surface area contributed by atoms with Crippen molar-refractivity contribution in [1.82, 2.24) is 9.88 Å². The van der Waals surface area contributed by atoms with Crippen molar-refractivity contribution >= 4 is 22.6 Å². The number of pyridine rings is 1. The number of benzene rings is 1. The Balaban J connectivity index is 2.28. The van der Waals surface area contributed by atoms with Gasteiger partial charge in [0.2, 0.25) is 5.43 Å². The van der Waals surface area contributed by atoms with Gasteiger partial charge in [0.15, 0.2) is 5.82 Å². The second kappa shape index (κ2) is 5.86. The van der Waals surface area contributed by atoms with Crippen LogP contribution >= 0.6 is 0 Å². The Hall–Kier alpha value is -2.48. The summed E-state index contributed by atoms with van der Waals surface area (Å²) in [5.74, 6) is -3.15. The van der Waals surface area contributed by atoms with Crippen LogP contribution in [0.4, 0.5) is 14.5 Å². The average Bonchev–Trinajstić information content (AvgIpc) is 2.50. The molecule has 1 fully saturated rings. The number of nitrogens with one attached hydrogen (secondary N) is 1. The predicted molar refractivity (Wildman–Crippen MR) is 85.7 cm³/mol. The number of aromatic nitrogens is 1. The zero-order valence-corrected chi connectivity index (χ0v) is 13.3. The van der Waals surface area contributed by atoms with Crippen molar-refractivity contribution in [1.29, 1.82) is 0 Å². The Morgan fingerprint density at radius 3 is 2.75 bits per heavy atom. The van der Waals surface area contributed by atoms with Crippen LogP contribution in [0.1, 0.15) is 17.3 Å². The second-order valence-corrected chi connectivity index (χ2v) is 6.01. The first kappa shape index (κ1) is 16.4. The van der Waals surface area contributed by atoms with Crippen molar-refractivity contribution in [3.8, 4) is 0 Å². The first-order chi connectivity index (χ1) is 11.3. The van der Waals surface area contributed by atoms with Gasteiger partial charge in [0.1, 0.15) is 17.1 Å². The number of fused-ring (bicyclic) bond motifs is 1. The number of aromatic carboxylic acids is 1. The van der Waals surface area contributed by atoms with E-state index < -0.39 is 28.6 Å². The van der Waals surface area contributed by atoms with Gasteiger partial charge >= 0.3 is 5.97 Å². The van der Waals surface area contributed by atoms with E-state index >= 15 is 4.39 Å². The number of carboxylic acids is 1. The largest absolute Gasteiger partial charge is 0.477 e. The second-order valence-electron chi connectivity index (χ2n) is 6.01. The van der Waals surface area contributed by atoms with Crippen LogP contribution in [0, 0.1) is 11.6 Å². The molecule has 2 heterocycles. The van der Waals surface area contributed by atoms with Gasteiger partial charge in [-0.25, -0.2) is 13.6 Å². The number of hydrogen-bond donors (Lipinski definition) is 2. The average molecular weight is 337 g/mol. The summed E-state index contributed by atoms with van der Waals surface area (Å²) < 4.78 is 30.8. The van der Waals surface area contributed by atoms with Gasteiger partial charge in [-0.15, -0.1) is 0 Å². The lowest BCUT2D eigenvalue weighted by Gasteiger charge is -2.34. The highest BCUT2D eigenvalue weighted by Crippen LogP contribution is 2.30. The van der Waals surface area contributed by atoms with Crippen molar-refractivity contribution < 1.29 is 18.7 Å². The minimum atomic E-state index is -1.43. The molecule has 128 valence electrons. The number of aryl methyl sites for hydroxylation is 1. The smallest absolute Gasteiger partial charge is 0.341 e. The van der Waals surface area contributed by atoms with Gasteiger partial charge in [-0.2, -0.15) is 0 Å². The summed E-state index contributed by atoms with van der Waals surface area (Å²) in [6, 6.07) is 1.00. The van der Waals surface area contributed by atoms with Crippen LogP contribution in [0.25, 0.3) is 10.9 Å². The maximum Gasteiger partial charge on any atom is 0.341 e. The minimum absolute atomic E-state index is 0.0754. The minimum Gasteiger partial charge on any atom is -0.477 e. The van der Waals surface area contributed by atoms with Crippen LogP contribution < -0.4 is 15.6 Å². The third-order valence-corrected chi connectivity index (χ3v) is 4.25. The molecule has 8 heteroatoms. The third kappa shape index (κ3) is 2.52. The first-order valence-electron chi connectivity index (χ1n) is 7.54. The number of hydrogen-bond acceptors (Lipinski definition) is 4. The van der Waals surface area contributed by atoms with E-state index in [-0.39, 0.29) is 22.6 Å².